The maximum atomic E-state index is 11.4. The molecule has 3 nitrogen and oxygen atoms in total. The summed E-state index contributed by atoms with van der Waals surface area (Å²) in [6.07, 6.45) is 2.84. The lowest BCUT2D eigenvalue weighted by atomic mass is 10.1. The van der Waals surface area contributed by atoms with Crippen LogP contribution in [0, 0.1) is 0 Å². The van der Waals surface area contributed by atoms with Crippen LogP contribution in [-0.4, -0.2) is 30.6 Å². The van der Waals surface area contributed by atoms with E-state index in [1.54, 1.807) is 42.0 Å². The standard InChI is InChI=1S/C10H11NO2S/c1-11(2)5-3-9(12)10(13)8-4-6-14-7-8/h3-7H,1-2H3/b5-3+. The Balaban J connectivity index is 2.67. The molecule has 4 heteroatoms. The van der Waals surface area contributed by atoms with E-state index in [2.05, 4.69) is 0 Å². The predicted octanol–water partition coefficient (Wildman–Crippen LogP) is 1.58. The molecule has 0 saturated heterocycles. The Kier molecular flexibility index (Phi) is 3.59. The summed E-state index contributed by atoms with van der Waals surface area (Å²) in [5.41, 5.74) is 0.461. The first kappa shape index (κ1) is 10.7. The van der Waals surface area contributed by atoms with Crippen LogP contribution in [0.15, 0.2) is 29.1 Å². The van der Waals surface area contributed by atoms with Crippen molar-refractivity contribution in [3.8, 4) is 0 Å². The van der Waals surface area contributed by atoms with E-state index in [0.717, 1.165) is 0 Å². The van der Waals surface area contributed by atoms with Crippen molar-refractivity contribution in [2.24, 2.45) is 0 Å². The number of nitrogens with zero attached hydrogens (tertiary/aromatic N) is 1. The maximum absolute atomic E-state index is 11.4. The Morgan fingerprint density at radius 1 is 1.43 bits per heavy atom. The topological polar surface area (TPSA) is 37.4 Å². The van der Waals surface area contributed by atoms with E-state index in [1.807, 2.05) is 0 Å². The molecule has 1 aromatic heterocycles. The molecule has 0 atom stereocenters. The highest BCUT2D eigenvalue weighted by Gasteiger charge is 2.12. The van der Waals surface area contributed by atoms with Crippen LogP contribution in [0.1, 0.15) is 10.4 Å². The number of allylic oxidation sites excluding steroid dienone is 1. The van der Waals surface area contributed by atoms with Gasteiger partial charge in [0.15, 0.2) is 0 Å². The summed E-state index contributed by atoms with van der Waals surface area (Å²) in [5, 5.41) is 3.44. The lowest BCUT2D eigenvalue weighted by Gasteiger charge is -2.01. The average Bonchev–Trinajstić information content (AvgIpc) is 2.65. The van der Waals surface area contributed by atoms with Gasteiger partial charge < -0.3 is 4.90 Å². The molecular formula is C10H11NO2S. The molecular weight excluding hydrogens is 198 g/mol. The van der Waals surface area contributed by atoms with Crippen LogP contribution in [0.2, 0.25) is 0 Å². The molecule has 0 saturated carbocycles. The van der Waals surface area contributed by atoms with Gasteiger partial charge in [0.1, 0.15) is 0 Å². The Hall–Kier alpha value is -1.42. The third-order valence-electron chi connectivity index (χ3n) is 1.53. The smallest absolute Gasteiger partial charge is 0.233 e. The summed E-state index contributed by atoms with van der Waals surface area (Å²) < 4.78 is 0. The van der Waals surface area contributed by atoms with E-state index in [9.17, 15) is 9.59 Å². The fourth-order valence-electron chi connectivity index (χ4n) is 0.828. The first-order valence-electron chi connectivity index (χ1n) is 4.06. The number of hydrogen-bond acceptors (Lipinski definition) is 4. The number of carbonyl (C=O) groups excluding carboxylic acids is 2. The van der Waals surface area contributed by atoms with E-state index < -0.39 is 11.6 Å². The fourth-order valence-corrected chi connectivity index (χ4v) is 1.46. The normalized spacial score (nSPS) is 10.4. The second kappa shape index (κ2) is 4.72. The first-order valence-corrected chi connectivity index (χ1v) is 5.01. The molecule has 14 heavy (non-hydrogen) atoms. The molecule has 0 radical (unpaired) electrons. The molecule has 0 fully saturated rings. The lowest BCUT2D eigenvalue weighted by Crippen LogP contribution is -2.11. The molecule has 0 aliphatic rings. The molecule has 74 valence electrons. The van der Waals surface area contributed by atoms with Crippen molar-refractivity contribution in [3.05, 3.63) is 34.7 Å². The largest absolute Gasteiger partial charge is 0.383 e. The van der Waals surface area contributed by atoms with Crippen molar-refractivity contribution in [2.75, 3.05) is 14.1 Å². The van der Waals surface area contributed by atoms with Crippen molar-refractivity contribution in [1.82, 2.24) is 4.90 Å². The molecule has 0 bridgehead atoms. The third-order valence-corrected chi connectivity index (χ3v) is 2.21. The van der Waals surface area contributed by atoms with Gasteiger partial charge in [-0.2, -0.15) is 11.3 Å². The molecule has 1 rings (SSSR count). The number of hydrogen-bond donors (Lipinski definition) is 0. The minimum atomic E-state index is -0.489. The summed E-state index contributed by atoms with van der Waals surface area (Å²) in [4.78, 5) is 24.4. The lowest BCUT2D eigenvalue weighted by molar-refractivity contribution is -0.111. The zero-order valence-electron chi connectivity index (χ0n) is 8.06. The summed E-state index contributed by atoms with van der Waals surface area (Å²) >= 11 is 1.40. The molecule has 0 aromatic carbocycles. The number of carbonyl (C=O) groups is 2. The van der Waals surface area contributed by atoms with Gasteiger partial charge in [-0.05, 0) is 11.4 Å². The van der Waals surface area contributed by atoms with Gasteiger partial charge in [0.05, 0.1) is 0 Å². The average molecular weight is 209 g/mol. The highest BCUT2D eigenvalue weighted by molar-refractivity contribution is 7.08. The van der Waals surface area contributed by atoms with Crippen LogP contribution in [0.25, 0.3) is 0 Å². The van der Waals surface area contributed by atoms with Crippen LogP contribution < -0.4 is 0 Å². The predicted molar refractivity (Wildman–Crippen MR) is 56.5 cm³/mol. The van der Waals surface area contributed by atoms with E-state index in [-0.39, 0.29) is 0 Å². The maximum Gasteiger partial charge on any atom is 0.233 e. The van der Waals surface area contributed by atoms with Crippen molar-refractivity contribution in [3.63, 3.8) is 0 Å². The third kappa shape index (κ3) is 2.81. The second-order valence-electron chi connectivity index (χ2n) is 2.98. The number of ketones is 2. The Labute approximate surface area is 86.7 Å². The SMILES string of the molecule is CN(C)/C=C/C(=O)C(=O)c1ccsc1. The molecule has 0 unspecified atom stereocenters. The molecule has 0 aliphatic heterocycles. The molecule has 0 aliphatic carbocycles. The van der Waals surface area contributed by atoms with Gasteiger partial charge in [-0.25, -0.2) is 0 Å². The fraction of sp³-hybridized carbons (Fsp3) is 0.200. The van der Waals surface area contributed by atoms with Crippen molar-refractivity contribution in [2.45, 2.75) is 0 Å². The van der Waals surface area contributed by atoms with Gasteiger partial charge in [0, 0.05) is 37.3 Å². The number of thiophene rings is 1. The van der Waals surface area contributed by atoms with Crippen LogP contribution in [0.5, 0.6) is 0 Å². The zero-order valence-corrected chi connectivity index (χ0v) is 8.88. The molecule has 0 N–H and O–H groups in total. The van der Waals surface area contributed by atoms with Crippen molar-refractivity contribution in [1.29, 1.82) is 0 Å². The number of Topliss-reactive ketones (excluding diaryl/α,β-unsaturated/α-hetero) is 1. The molecule has 0 spiro atoms. The summed E-state index contributed by atoms with van der Waals surface area (Å²) in [6.45, 7) is 0. The van der Waals surface area contributed by atoms with Gasteiger partial charge >= 0.3 is 0 Å². The summed E-state index contributed by atoms with van der Waals surface area (Å²) in [5.74, 6) is -0.943. The number of rotatable bonds is 4. The van der Waals surface area contributed by atoms with E-state index in [0.29, 0.717) is 5.56 Å². The Bertz CT molecular complexity index is 352. The summed E-state index contributed by atoms with van der Waals surface area (Å²) in [6, 6.07) is 1.65. The minimum Gasteiger partial charge on any atom is -0.383 e. The van der Waals surface area contributed by atoms with Gasteiger partial charge in [0.25, 0.3) is 0 Å². The quantitative estimate of drug-likeness (QED) is 0.429. The van der Waals surface area contributed by atoms with Crippen molar-refractivity contribution >= 4 is 22.9 Å². The van der Waals surface area contributed by atoms with E-state index in [1.165, 1.54) is 17.4 Å². The van der Waals surface area contributed by atoms with Crippen LogP contribution in [0.4, 0.5) is 0 Å². The van der Waals surface area contributed by atoms with Crippen molar-refractivity contribution < 1.29 is 9.59 Å². The molecule has 0 amide bonds. The van der Waals surface area contributed by atoms with Crippen LogP contribution in [0.3, 0.4) is 0 Å². The minimum absolute atomic E-state index is 0.454. The van der Waals surface area contributed by atoms with Crippen LogP contribution in [-0.2, 0) is 4.79 Å². The van der Waals surface area contributed by atoms with E-state index >= 15 is 0 Å². The van der Waals surface area contributed by atoms with Gasteiger partial charge in [-0.15, -0.1) is 0 Å². The molecule has 1 heterocycles. The van der Waals surface area contributed by atoms with E-state index in [4.69, 9.17) is 0 Å². The first-order chi connectivity index (χ1) is 6.61. The van der Waals surface area contributed by atoms with Gasteiger partial charge in [0.2, 0.25) is 11.6 Å². The zero-order chi connectivity index (χ0) is 10.6. The highest BCUT2D eigenvalue weighted by atomic mass is 32.1. The second-order valence-corrected chi connectivity index (χ2v) is 3.76. The Morgan fingerprint density at radius 2 is 2.14 bits per heavy atom. The molecule has 1 aromatic rings. The van der Waals surface area contributed by atoms with Crippen LogP contribution >= 0.6 is 11.3 Å². The highest BCUT2D eigenvalue weighted by Crippen LogP contribution is 2.07. The Morgan fingerprint density at radius 3 is 2.64 bits per heavy atom. The summed E-state index contributed by atoms with van der Waals surface area (Å²) in [7, 11) is 3.58. The monoisotopic (exact) mass is 209 g/mol. The van der Waals surface area contributed by atoms with Gasteiger partial charge in [-0.1, -0.05) is 0 Å². The van der Waals surface area contributed by atoms with Gasteiger partial charge in [-0.3, -0.25) is 9.59 Å².